The topological polar surface area (TPSA) is 92.5 Å². The number of benzene rings is 1. The van der Waals surface area contributed by atoms with Gasteiger partial charge in [-0.3, -0.25) is 9.59 Å². The number of furan rings is 1. The fourth-order valence-corrected chi connectivity index (χ4v) is 4.23. The number of carbonyl (C=O) groups excluding carboxylic acids is 2. The van der Waals surface area contributed by atoms with Gasteiger partial charge in [0.15, 0.2) is 0 Å². The maximum atomic E-state index is 13.1. The van der Waals surface area contributed by atoms with Gasteiger partial charge in [-0.1, -0.05) is 25.4 Å². The molecule has 2 aromatic rings. The lowest BCUT2D eigenvalue weighted by Crippen LogP contribution is -2.37. The summed E-state index contributed by atoms with van der Waals surface area (Å²) in [7, 11) is 2.89. The summed E-state index contributed by atoms with van der Waals surface area (Å²) >= 11 is 6.28. The molecule has 0 bridgehead atoms. The van der Waals surface area contributed by atoms with Gasteiger partial charge < -0.3 is 28.8 Å². The van der Waals surface area contributed by atoms with Gasteiger partial charge >= 0.3 is 0 Å². The average molecular weight is 477 g/mol. The van der Waals surface area contributed by atoms with Crippen molar-refractivity contribution in [3.8, 4) is 11.5 Å². The Bertz CT molecular complexity index is 1070. The number of amides is 1. The number of hydrogen-bond donors (Lipinski definition) is 1. The van der Waals surface area contributed by atoms with Gasteiger partial charge in [-0.05, 0) is 38.2 Å². The molecule has 1 saturated heterocycles. The first kappa shape index (κ1) is 24.7. The number of nitrogens with zero attached hydrogens (tertiary/aromatic N) is 2. The SMILES string of the molecule is CCN(CC)CCN1C(=O)C(=O)/C(=C(/O)c2cc(Cl)c(OC)cc2OC)C1c1ccc(C)o1. The first-order chi connectivity index (χ1) is 15.8. The van der Waals surface area contributed by atoms with Gasteiger partial charge in [0.25, 0.3) is 11.7 Å². The number of likely N-dealkylation sites (N-methyl/N-ethyl adjacent to an activating group) is 1. The van der Waals surface area contributed by atoms with E-state index >= 15 is 0 Å². The highest BCUT2D eigenvalue weighted by Crippen LogP contribution is 2.43. The summed E-state index contributed by atoms with van der Waals surface area (Å²) in [4.78, 5) is 29.8. The van der Waals surface area contributed by atoms with E-state index in [-0.39, 0.29) is 27.7 Å². The van der Waals surface area contributed by atoms with Gasteiger partial charge in [-0.25, -0.2) is 0 Å². The van der Waals surface area contributed by atoms with E-state index < -0.39 is 17.7 Å². The van der Waals surface area contributed by atoms with E-state index in [1.807, 2.05) is 13.8 Å². The van der Waals surface area contributed by atoms with Crippen LogP contribution in [0, 0.1) is 6.92 Å². The second-order valence-corrected chi connectivity index (χ2v) is 8.06. The summed E-state index contributed by atoms with van der Waals surface area (Å²) in [6, 6.07) is 5.55. The standard InChI is InChI=1S/C24H29ClN2O6/c1-6-26(7-2)10-11-27-21(17-9-8-14(3)33-17)20(23(29)24(27)30)22(28)15-12-16(25)19(32-5)13-18(15)31-4/h8-9,12-13,21,28H,6-7,10-11H2,1-5H3/b22-20+. The molecule has 8 nitrogen and oxygen atoms in total. The Morgan fingerprint density at radius 3 is 2.36 bits per heavy atom. The maximum absolute atomic E-state index is 13.1. The zero-order valence-corrected chi connectivity index (χ0v) is 20.2. The zero-order chi connectivity index (χ0) is 24.3. The lowest BCUT2D eigenvalue weighted by atomic mass is 9.98. The summed E-state index contributed by atoms with van der Waals surface area (Å²) in [5, 5.41) is 11.5. The molecule has 1 aromatic heterocycles. The molecule has 33 heavy (non-hydrogen) atoms. The third-order valence-corrected chi connectivity index (χ3v) is 6.15. The molecule has 3 rings (SSSR count). The minimum absolute atomic E-state index is 0.0755. The minimum Gasteiger partial charge on any atom is -0.507 e. The summed E-state index contributed by atoms with van der Waals surface area (Å²) in [6.45, 7) is 8.34. The highest BCUT2D eigenvalue weighted by atomic mass is 35.5. The Hall–Kier alpha value is -2.97. The van der Waals surface area contributed by atoms with Crippen LogP contribution >= 0.6 is 11.6 Å². The molecule has 1 aromatic carbocycles. The van der Waals surface area contributed by atoms with E-state index in [1.54, 1.807) is 19.1 Å². The van der Waals surface area contributed by atoms with Gasteiger partial charge in [0.1, 0.15) is 34.8 Å². The molecule has 1 fully saturated rings. The molecule has 1 atom stereocenters. The molecule has 9 heteroatoms. The molecule has 178 valence electrons. The lowest BCUT2D eigenvalue weighted by molar-refractivity contribution is -0.140. The number of halogens is 1. The van der Waals surface area contributed by atoms with Crippen molar-refractivity contribution < 1.29 is 28.6 Å². The van der Waals surface area contributed by atoms with Gasteiger partial charge in [0.2, 0.25) is 0 Å². The van der Waals surface area contributed by atoms with Crippen LogP contribution in [0.1, 0.15) is 37.0 Å². The van der Waals surface area contributed by atoms with Crippen molar-refractivity contribution in [3.05, 3.63) is 51.9 Å². The van der Waals surface area contributed by atoms with E-state index in [9.17, 15) is 14.7 Å². The molecule has 1 aliphatic heterocycles. The van der Waals surface area contributed by atoms with Crippen LogP contribution in [0.4, 0.5) is 0 Å². The van der Waals surface area contributed by atoms with Gasteiger partial charge in [-0.15, -0.1) is 0 Å². The van der Waals surface area contributed by atoms with Crippen molar-refractivity contribution in [3.63, 3.8) is 0 Å². The van der Waals surface area contributed by atoms with E-state index in [1.165, 1.54) is 31.3 Å². The van der Waals surface area contributed by atoms with E-state index in [2.05, 4.69) is 4.90 Å². The average Bonchev–Trinajstić information content (AvgIpc) is 3.34. The van der Waals surface area contributed by atoms with Crippen molar-refractivity contribution in [2.45, 2.75) is 26.8 Å². The van der Waals surface area contributed by atoms with Gasteiger partial charge in [-0.2, -0.15) is 0 Å². The monoisotopic (exact) mass is 476 g/mol. The predicted molar refractivity (Wildman–Crippen MR) is 125 cm³/mol. The van der Waals surface area contributed by atoms with E-state index in [4.69, 9.17) is 25.5 Å². The first-order valence-electron chi connectivity index (χ1n) is 10.8. The number of rotatable bonds is 9. The Kier molecular flexibility index (Phi) is 7.71. The molecule has 0 spiro atoms. The van der Waals surface area contributed by atoms with Crippen LogP contribution in [0.25, 0.3) is 5.76 Å². The van der Waals surface area contributed by atoms with Crippen LogP contribution in [0.3, 0.4) is 0 Å². The smallest absolute Gasteiger partial charge is 0.295 e. The van der Waals surface area contributed by atoms with Crippen molar-refractivity contribution in [1.82, 2.24) is 9.80 Å². The van der Waals surface area contributed by atoms with Gasteiger partial charge in [0, 0.05) is 19.2 Å². The van der Waals surface area contributed by atoms with Crippen molar-refractivity contribution in [2.75, 3.05) is 40.4 Å². The third kappa shape index (κ3) is 4.72. The molecule has 0 radical (unpaired) electrons. The van der Waals surface area contributed by atoms with Crippen LogP contribution in [-0.2, 0) is 9.59 Å². The fourth-order valence-electron chi connectivity index (χ4n) is 3.99. The first-order valence-corrected chi connectivity index (χ1v) is 11.1. The molecular weight excluding hydrogens is 448 g/mol. The summed E-state index contributed by atoms with van der Waals surface area (Å²) < 4.78 is 16.4. The molecule has 1 amide bonds. The number of hydrogen-bond acceptors (Lipinski definition) is 7. The number of carbonyl (C=O) groups is 2. The third-order valence-electron chi connectivity index (χ3n) is 5.85. The van der Waals surface area contributed by atoms with Gasteiger partial charge in [0.05, 0.1) is 30.4 Å². The molecule has 0 saturated carbocycles. The van der Waals surface area contributed by atoms with Crippen molar-refractivity contribution in [1.29, 1.82) is 0 Å². The summed E-state index contributed by atoms with van der Waals surface area (Å²) in [5.74, 6) is -0.253. The van der Waals surface area contributed by atoms with E-state index in [0.29, 0.717) is 30.4 Å². The number of ether oxygens (including phenoxy) is 2. The summed E-state index contributed by atoms with van der Waals surface area (Å²) in [5.41, 5.74) is 0.103. The Balaban J connectivity index is 2.16. The number of ketones is 1. The minimum atomic E-state index is -0.875. The number of likely N-dealkylation sites (tertiary alicyclic amines) is 1. The van der Waals surface area contributed by atoms with Crippen LogP contribution in [0.15, 0.2) is 34.3 Å². The second kappa shape index (κ2) is 10.3. The molecule has 1 aliphatic rings. The number of aliphatic hydroxyl groups excluding tert-OH is 1. The van der Waals surface area contributed by atoms with Crippen molar-refractivity contribution in [2.24, 2.45) is 0 Å². The maximum Gasteiger partial charge on any atom is 0.295 e. The van der Waals surface area contributed by atoms with Crippen LogP contribution < -0.4 is 9.47 Å². The van der Waals surface area contributed by atoms with E-state index in [0.717, 1.165) is 13.1 Å². The molecule has 1 unspecified atom stereocenters. The highest BCUT2D eigenvalue weighted by Gasteiger charge is 2.47. The Labute approximate surface area is 198 Å². The summed E-state index contributed by atoms with van der Waals surface area (Å²) in [6.07, 6.45) is 0. The second-order valence-electron chi connectivity index (χ2n) is 7.65. The lowest BCUT2D eigenvalue weighted by Gasteiger charge is -2.26. The Morgan fingerprint density at radius 2 is 1.82 bits per heavy atom. The normalized spacial score (nSPS) is 17.8. The number of aryl methyl sites for hydroxylation is 1. The number of methoxy groups -OCH3 is 2. The van der Waals surface area contributed by atoms with Crippen LogP contribution in [-0.4, -0.2) is 67.0 Å². The zero-order valence-electron chi connectivity index (χ0n) is 19.5. The Morgan fingerprint density at radius 1 is 1.15 bits per heavy atom. The van der Waals surface area contributed by atoms with Crippen molar-refractivity contribution >= 4 is 29.1 Å². The van der Waals surface area contributed by atoms with Crippen LogP contribution in [0.2, 0.25) is 5.02 Å². The van der Waals surface area contributed by atoms with Crippen LogP contribution in [0.5, 0.6) is 11.5 Å². The fraction of sp³-hybridized carbons (Fsp3) is 0.417. The number of Topliss-reactive ketones (excluding diaryl/α,β-unsaturated/α-hetero) is 1. The quantitative estimate of drug-likeness (QED) is 0.332. The molecule has 0 aliphatic carbocycles. The predicted octanol–water partition coefficient (Wildman–Crippen LogP) is 4.02. The molecule has 2 heterocycles. The molecular formula is C24H29ClN2O6. The number of aliphatic hydroxyl groups is 1. The largest absolute Gasteiger partial charge is 0.507 e. The highest BCUT2D eigenvalue weighted by molar-refractivity contribution is 6.46. The molecule has 1 N–H and O–H groups in total.